The molecule has 2 heteroatoms. The summed E-state index contributed by atoms with van der Waals surface area (Å²) in [4.78, 5) is 3.97. The lowest BCUT2D eigenvalue weighted by Crippen LogP contribution is -1.96. The molecule has 0 aliphatic heterocycles. The molecule has 0 unspecified atom stereocenters. The third-order valence-electron chi connectivity index (χ3n) is 1.74. The van der Waals surface area contributed by atoms with E-state index in [1.807, 2.05) is 13.0 Å². The molecule has 0 aromatic carbocycles. The number of pyridine rings is 1. The Balaban J connectivity index is 3.14. The van der Waals surface area contributed by atoms with Crippen LogP contribution in [0.5, 0.6) is 0 Å². The van der Waals surface area contributed by atoms with E-state index >= 15 is 0 Å². The molecule has 2 N–H and O–H groups in total. The van der Waals surface area contributed by atoms with E-state index in [2.05, 4.69) is 11.9 Å². The molecular weight excluding hydrogens is 124 g/mol. The SMILES string of the molecule is CCc1ccnc(N)c1C. The zero-order valence-electron chi connectivity index (χ0n) is 6.39. The number of hydrogen-bond donors (Lipinski definition) is 1. The normalized spacial score (nSPS) is 9.80. The third-order valence-corrected chi connectivity index (χ3v) is 1.74. The molecule has 0 aliphatic carbocycles. The quantitative estimate of drug-likeness (QED) is 0.636. The number of nitrogen functional groups attached to an aromatic ring is 1. The molecule has 10 heavy (non-hydrogen) atoms. The standard InChI is InChI=1S/C8H12N2/c1-3-7-4-5-10-8(9)6(7)2/h4-5H,3H2,1-2H3,(H2,9,10). The lowest BCUT2D eigenvalue weighted by molar-refractivity contribution is 1.09. The van der Waals surface area contributed by atoms with E-state index in [4.69, 9.17) is 5.73 Å². The van der Waals surface area contributed by atoms with Gasteiger partial charge in [0.05, 0.1) is 0 Å². The fourth-order valence-corrected chi connectivity index (χ4v) is 0.977. The summed E-state index contributed by atoms with van der Waals surface area (Å²) in [5.74, 6) is 0.652. The van der Waals surface area contributed by atoms with Gasteiger partial charge < -0.3 is 5.73 Å². The molecule has 0 fully saturated rings. The molecule has 0 spiro atoms. The van der Waals surface area contributed by atoms with Crippen molar-refractivity contribution in [2.24, 2.45) is 0 Å². The molecule has 0 radical (unpaired) electrons. The van der Waals surface area contributed by atoms with Crippen LogP contribution >= 0.6 is 0 Å². The smallest absolute Gasteiger partial charge is 0.126 e. The molecule has 1 rings (SSSR count). The number of anilines is 1. The van der Waals surface area contributed by atoms with Crippen LogP contribution in [0.15, 0.2) is 12.3 Å². The zero-order chi connectivity index (χ0) is 7.56. The van der Waals surface area contributed by atoms with Crippen molar-refractivity contribution in [1.82, 2.24) is 4.98 Å². The molecule has 54 valence electrons. The van der Waals surface area contributed by atoms with Gasteiger partial charge in [0.2, 0.25) is 0 Å². The van der Waals surface area contributed by atoms with Crippen molar-refractivity contribution in [2.45, 2.75) is 20.3 Å². The van der Waals surface area contributed by atoms with Gasteiger partial charge in [0.25, 0.3) is 0 Å². The van der Waals surface area contributed by atoms with Crippen molar-refractivity contribution in [3.8, 4) is 0 Å². The Morgan fingerprint density at radius 2 is 2.30 bits per heavy atom. The second kappa shape index (κ2) is 2.69. The number of nitrogens with two attached hydrogens (primary N) is 1. The molecule has 1 aromatic heterocycles. The van der Waals surface area contributed by atoms with Crippen LogP contribution in [0.25, 0.3) is 0 Å². The summed E-state index contributed by atoms with van der Waals surface area (Å²) in [6.45, 7) is 4.11. The molecule has 0 atom stereocenters. The van der Waals surface area contributed by atoms with Crippen molar-refractivity contribution in [3.63, 3.8) is 0 Å². The Kier molecular flexibility index (Phi) is 1.90. The summed E-state index contributed by atoms with van der Waals surface area (Å²) >= 11 is 0. The van der Waals surface area contributed by atoms with Gasteiger partial charge in [0.1, 0.15) is 5.82 Å². The lowest BCUT2D eigenvalue weighted by atomic mass is 10.1. The first-order valence-electron chi connectivity index (χ1n) is 3.45. The van der Waals surface area contributed by atoms with Gasteiger partial charge >= 0.3 is 0 Å². The molecule has 2 nitrogen and oxygen atoms in total. The van der Waals surface area contributed by atoms with E-state index in [1.165, 1.54) is 5.56 Å². The van der Waals surface area contributed by atoms with E-state index in [1.54, 1.807) is 6.20 Å². The first-order valence-corrected chi connectivity index (χ1v) is 3.45. The van der Waals surface area contributed by atoms with Crippen LogP contribution < -0.4 is 5.73 Å². The minimum atomic E-state index is 0.652. The van der Waals surface area contributed by atoms with E-state index in [0.29, 0.717) is 5.82 Å². The third kappa shape index (κ3) is 1.10. The zero-order valence-corrected chi connectivity index (χ0v) is 6.39. The minimum absolute atomic E-state index is 0.652. The summed E-state index contributed by atoms with van der Waals surface area (Å²) in [6, 6.07) is 2.01. The monoisotopic (exact) mass is 136 g/mol. The van der Waals surface area contributed by atoms with Gasteiger partial charge in [0, 0.05) is 6.20 Å². The second-order valence-corrected chi connectivity index (χ2v) is 2.33. The highest BCUT2D eigenvalue weighted by Crippen LogP contribution is 2.12. The van der Waals surface area contributed by atoms with Gasteiger partial charge in [-0.05, 0) is 30.5 Å². The van der Waals surface area contributed by atoms with Gasteiger partial charge in [-0.3, -0.25) is 0 Å². The van der Waals surface area contributed by atoms with E-state index in [0.717, 1.165) is 12.0 Å². The predicted octanol–water partition coefficient (Wildman–Crippen LogP) is 1.53. The Morgan fingerprint density at radius 1 is 1.60 bits per heavy atom. The van der Waals surface area contributed by atoms with Gasteiger partial charge in [-0.25, -0.2) is 4.98 Å². The maximum Gasteiger partial charge on any atom is 0.126 e. The van der Waals surface area contributed by atoms with Crippen LogP contribution in [0.1, 0.15) is 18.1 Å². The van der Waals surface area contributed by atoms with E-state index in [-0.39, 0.29) is 0 Å². The van der Waals surface area contributed by atoms with Crippen LogP contribution in [-0.2, 0) is 6.42 Å². The Morgan fingerprint density at radius 3 is 2.80 bits per heavy atom. The van der Waals surface area contributed by atoms with Crippen LogP contribution in [0.2, 0.25) is 0 Å². The Bertz CT molecular complexity index is 231. The van der Waals surface area contributed by atoms with Crippen molar-refractivity contribution in [1.29, 1.82) is 0 Å². The van der Waals surface area contributed by atoms with Crippen LogP contribution in [0, 0.1) is 6.92 Å². The first-order chi connectivity index (χ1) is 4.75. The highest BCUT2D eigenvalue weighted by atomic mass is 14.8. The van der Waals surface area contributed by atoms with E-state index < -0.39 is 0 Å². The molecule has 1 aromatic rings. The highest BCUT2D eigenvalue weighted by molar-refractivity contribution is 5.42. The summed E-state index contributed by atoms with van der Waals surface area (Å²) in [5.41, 5.74) is 7.99. The van der Waals surface area contributed by atoms with Crippen molar-refractivity contribution >= 4 is 5.82 Å². The minimum Gasteiger partial charge on any atom is -0.383 e. The predicted molar refractivity (Wildman–Crippen MR) is 42.8 cm³/mol. The maximum atomic E-state index is 5.59. The largest absolute Gasteiger partial charge is 0.383 e. The topological polar surface area (TPSA) is 38.9 Å². The highest BCUT2D eigenvalue weighted by Gasteiger charge is 1.97. The molecule has 0 amide bonds. The molecule has 0 saturated carbocycles. The molecule has 1 heterocycles. The van der Waals surface area contributed by atoms with Crippen molar-refractivity contribution < 1.29 is 0 Å². The molecule has 0 bridgehead atoms. The van der Waals surface area contributed by atoms with Crippen LogP contribution in [-0.4, -0.2) is 4.98 Å². The Labute approximate surface area is 61.1 Å². The first kappa shape index (κ1) is 7.06. The number of aromatic nitrogens is 1. The van der Waals surface area contributed by atoms with E-state index in [9.17, 15) is 0 Å². The number of aryl methyl sites for hydroxylation is 1. The van der Waals surface area contributed by atoms with Crippen molar-refractivity contribution in [2.75, 3.05) is 5.73 Å². The summed E-state index contributed by atoms with van der Waals surface area (Å²) in [6.07, 6.45) is 2.78. The Hall–Kier alpha value is -1.05. The van der Waals surface area contributed by atoms with Crippen molar-refractivity contribution in [3.05, 3.63) is 23.4 Å². The number of rotatable bonds is 1. The van der Waals surface area contributed by atoms with Gasteiger partial charge in [0.15, 0.2) is 0 Å². The fourth-order valence-electron chi connectivity index (χ4n) is 0.977. The maximum absolute atomic E-state index is 5.59. The molecule has 0 aliphatic rings. The van der Waals surface area contributed by atoms with Gasteiger partial charge in [-0.2, -0.15) is 0 Å². The lowest BCUT2D eigenvalue weighted by Gasteiger charge is -2.02. The average molecular weight is 136 g/mol. The summed E-state index contributed by atoms with van der Waals surface area (Å²) in [5, 5.41) is 0. The fraction of sp³-hybridized carbons (Fsp3) is 0.375. The van der Waals surface area contributed by atoms with Crippen LogP contribution in [0.3, 0.4) is 0 Å². The van der Waals surface area contributed by atoms with Gasteiger partial charge in [-0.15, -0.1) is 0 Å². The number of hydrogen-bond acceptors (Lipinski definition) is 2. The summed E-state index contributed by atoms with van der Waals surface area (Å²) in [7, 11) is 0. The number of nitrogens with zero attached hydrogens (tertiary/aromatic N) is 1. The van der Waals surface area contributed by atoms with Gasteiger partial charge in [-0.1, -0.05) is 6.92 Å². The average Bonchev–Trinajstić information content (AvgIpc) is 1.95. The molecule has 0 saturated heterocycles. The summed E-state index contributed by atoms with van der Waals surface area (Å²) < 4.78 is 0. The van der Waals surface area contributed by atoms with Crippen LogP contribution in [0.4, 0.5) is 5.82 Å². The second-order valence-electron chi connectivity index (χ2n) is 2.33. The molecular formula is C8H12N2.